The van der Waals surface area contributed by atoms with Crippen molar-refractivity contribution in [3.05, 3.63) is 36.4 Å². The van der Waals surface area contributed by atoms with Crippen LogP contribution >= 0.6 is 0 Å². The molecule has 7 nitrogen and oxygen atoms in total. The summed E-state index contributed by atoms with van der Waals surface area (Å²) in [6.45, 7) is 3.88. The average Bonchev–Trinajstić information content (AvgIpc) is 3.29. The first-order chi connectivity index (χ1) is 12.6. The molecule has 1 unspecified atom stereocenters. The highest BCUT2D eigenvalue weighted by molar-refractivity contribution is 5.82. The minimum Gasteiger partial charge on any atom is -0.476 e. The summed E-state index contributed by atoms with van der Waals surface area (Å²) in [4.78, 5) is 12.7. The van der Waals surface area contributed by atoms with Gasteiger partial charge in [-0.1, -0.05) is 6.92 Å². The van der Waals surface area contributed by atoms with E-state index in [4.69, 9.17) is 28.4 Å². The van der Waals surface area contributed by atoms with Gasteiger partial charge < -0.3 is 28.4 Å². The number of esters is 1. The van der Waals surface area contributed by atoms with Crippen molar-refractivity contribution in [3.63, 3.8) is 0 Å². The summed E-state index contributed by atoms with van der Waals surface area (Å²) in [5.41, 5.74) is -1.16. The number of hydrogen-bond donors (Lipinski definition) is 0. The minimum atomic E-state index is -1.16. The quantitative estimate of drug-likeness (QED) is 0.600. The number of ether oxygens (including phenoxy) is 6. The zero-order chi connectivity index (χ0) is 18.1. The van der Waals surface area contributed by atoms with E-state index < -0.39 is 11.6 Å². The number of benzene rings is 2. The predicted octanol–water partition coefficient (Wildman–Crippen LogP) is 3.30. The van der Waals surface area contributed by atoms with E-state index in [0.29, 0.717) is 40.9 Å². The third-order valence-electron chi connectivity index (χ3n) is 4.35. The second-order valence-electron chi connectivity index (χ2n) is 6.11. The molecular weight excluding hydrogens is 340 g/mol. The van der Waals surface area contributed by atoms with E-state index in [1.165, 1.54) is 0 Å². The van der Waals surface area contributed by atoms with Gasteiger partial charge in [0.1, 0.15) is 11.5 Å². The molecule has 0 spiro atoms. The second kappa shape index (κ2) is 6.33. The van der Waals surface area contributed by atoms with E-state index in [1.54, 1.807) is 43.3 Å². The zero-order valence-corrected chi connectivity index (χ0v) is 14.4. The lowest BCUT2D eigenvalue weighted by molar-refractivity contribution is -0.151. The molecule has 2 heterocycles. The van der Waals surface area contributed by atoms with Gasteiger partial charge in [0.25, 0.3) is 0 Å². The van der Waals surface area contributed by atoms with E-state index in [-0.39, 0.29) is 13.6 Å². The van der Waals surface area contributed by atoms with Crippen molar-refractivity contribution in [1.29, 1.82) is 0 Å². The molecule has 4 rings (SSSR count). The van der Waals surface area contributed by atoms with Crippen molar-refractivity contribution in [2.45, 2.75) is 25.9 Å². The molecule has 0 aromatic heterocycles. The number of fused-ring (bicyclic) bond motifs is 2. The molecule has 0 N–H and O–H groups in total. The maximum absolute atomic E-state index is 12.7. The highest BCUT2D eigenvalue weighted by Gasteiger charge is 2.36. The van der Waals surface area contributed by atoms with Gasteiger partial charge in [0.15, 0.2) is 23.0 Å². The van der Waals surface area contributed by atoms with Gasteiger partial charge in [0.05, 0.1) is 0 Å². The molecule has 0 bridgehead atoms. The fourth-order valence-electron chi connectivity index (χ4n) is 2.61. The lowest BCUT2D eigenvalue weighted by Gasteiger charge is -2.27. The summed E-state index contributed by atoms with van der Waals surface area (Å²) in [5, 5.41) is 0. The van der Waals surface area contributed by atoms with Gasteiger partial charge in [-0.3, -0.25) is 0 Å². The van der Waals surface area contributed by atoms with Crippen molar-refractivity contribution in [2.24, 2.45) is 0 Å². The Labute approximate surface area is 150 Å². The zero-order valence-electron chi connectivity index (χ0n) is 14.4. The summed E-state index contributed by atoms with van der Waals surface area (Å²) in [6, 6.07) is 10.2. The van der Waals surface area contributed by atoms with Gasteiger partial charge in [0, 0.05) is 12.1 Å². The molecule has 2 aromatic carbocycles. The SMILES string of the molecule is CCC(C)(Oc1ccc2c(c1)OCO2)C(=O)Oc1ccc2c(c1)OCO2. The number of hydrogen-bond acceptors (Lipinski definition) is 7. The molecule has 0 fully saturated rings. The molecule has 0 saturated heterocycles. The molecule has 2 aromatic rings. The summed E-state index contributed by atoms with van der Waals surface area (Å²) < 4.78 is 32.6. The molecule has 136 valence electrons. The Kier molecular flexibility index (Phi) is 3.99. The fourth-order valence-corrected chi connectivity index (χ4v) is 2.61. The van der Waals surface area contributed by atoms with Crippen molar-refractivity contribution in [1.82, 2.24) is 0 Å². The van der Waals surface area contributed by atoms with Crippen LogP contribution in [0.5, 0.6) is 34.5 Å². The topological polar surface area (TPSA) is 72.5 Å². The van der Waals surface area contributed by atoms with Crippen LogP contribution in [-0.2, 0) is 4.79 Å². The number of carbonyl (C=O) groups excluding carboxylic acids is 1. The van der Waals surface area contributed by atoms with E-state index in [2.05, 4.69) is 0 Å². The molecule has 2 aliphatic heterocycles. The highest BCUT2D eigenvalue weighted by Crippen LogP contribution is 2.38. The lowest BCUT2D eigenvalue weighted by atomic mass is 10.0. The van der Waals surface area contributed by atoms with Crippen LogP contribution in [0.15, 0.2) is 36.4 Å². The van der Waals surface area contributed by atoms with E-state index in [1.807, 2.05) is 6.92 Å². The van der Waals surface area contributed by atoms with E-state index in [0.717, 1.165) is 0 Å². The van der Waals surface area contributed by atoms with Gasteiger partial charge in [0.2, 0.25) is 19.2 Å². The van der Waals surface area contributed by atoms with Crippen molar-refractivity contribution < 1.29 is 33.2 Å². The summed E-state index contributed by atoms with van der Waals surface area (Å²) in [5.74, 6) is 2.78. The Morgan fingerprint density at radius 2 is 1.46 bits per heavy atom. The van der Waals surface area contributed by atoms with Gasteiger partial charge in [-0.05, 0) is 37.6 Å². The third-order valence-corrected chi connectivity index (χ3v) is 4.35. The van der Waals surface area contributed by atoms with Gasteiger partial charge >= 0.3 is 5.97 Å². The monoisotopic (exact) mass is 358 g/mol. The fraction of sp³-hybridized carbons (Fsp3) is 0.316. The van der Waals surface area contributed by atoms with Crippen molar-refractivity contribution in [2.75, 3.05) is 13.6 Å². The lowest BCUT2D eigenvalue weighted by Crippen LogP contribution is -2.43. The Bertz CT molecular complexity index is 848. The molecule has 7 heteroatoms. The smallest absolute Gasteiger partial charge is 0.355 e. The van der Waals surface area contributed by atoms with Gasteiger partial charge in [-0.25, -0.2) is 4.79 Å². The van der Waals surface area contributed by atoms with Crippen molar-refractivity contribution >= 4 is 5.97 Å². The van der Waals surface area contributed by atoms with Gasteiger partial charge in [-0.15, -0.1) is 0 Å². The molecule has 0 radical (unpaired) electrons. The number of carbonyl (C=O) groups is 1. The van der Waals surface area contributed by atoms with Crippen LogP contribution in [0.1, 0.15) is 20.3 Å². The van der Waals surface area contributed by atoms with Crippen molar-refractivity contribution in [3.8, 4) is 34.5 Å². The molecule has 26 heavy (non-hydrogen) atoms. The van der Waals surface area contributed by atoms with E-state index >= 15 is 0 Å². The standard InChI is InChI=1S/C19H18O7/c1-3-19(2,26-13-5-7-15-17(9-13)24-11-22-15)18(20)25-12-4-6-14-16(8-12)23-10-21-14/h4-9H,3,10-11H2,1-2H3. The molecule has 2 aliphatic rings. The maximum Gasteiger partial charge on any atom is 0.355 e. The summed E-state index contributed by atoms with van der Waals surface area (Å²) >= 11 is 0. The van der Waals surface area contributed by atoms with Crippen LogP contribution in [0.2, 0.25) is 0 Å². The molecule has 1 atom stereocenters. The second-order valence-corrected chi connectivity index (χ2v) is 6.11. The highest BCUT2D eigenvalue weighted by atomic mass is 16.7. The van der Waals surface area contributed by atoms with Gasteiger partial charge in [-0.2, -0.15) is 0 Å². The largest absolute Gasteiger partial charge is 0.476 e. The Balaban J connectivity index is 1.50. The predicted molar refractivity (Wildman–Crippen MR) is 90.1 cm³/mol. The maximum atomic E-state index is 12.7. The summed E-state index contributed by atoms with van der Waals surface area (Å²) in [6.07, 6.45) is 0.421. The third kappa shape index (κ3) is 2.96. The number of rotatable bonds is 5. The van der Waals surface area contributed by atoms with E-state index in [9.17, 15) is 4.79 Å². The Morgan fingerprint density at radius 3 is 2.08 bits per heavy atom. The Hall–Kier alpha value is -3.09. The molecule has 0 aliphatic carbocycles. The van der Waals surface area contributed by atoms with Crippen LogP contribution < -0.4 is 28.4 Å². The van der Waals surface area contributed by atoms with Crippen LogP contribution in [0.3, 0.4) is 0 Å². The van der Waals surface area contributed by atoms with Crippen LogP contribution in [-0.4, -0.2) is 25.2 Å². The van der Waals surface area contributed by atoms with Crippen LogP contribution in [0.4, 0.5) is 0 Å². The first kappa shape index (κ1) is 16.4. The molecular formula is C19H18O7. The summed E-state index contributed by atoms with van der Waals surface area (Å²) in [7, 11) is 0. The first-order valence-corrected chi connectivity index (χ1v) is 8.28. The Morgan fingerprint density at radius 1 is 0.923 bits per heavy atom. The minimum absolute atomic E-state index is 0.159. The van der Waals surface area contributed by atoms with Crippen LogP contribution in [0, 0.1) is 0 Å². The van der Waals surface area contributed by atoms with Crippen LogP contribution in [0.25, 0.3) is 0 Å². The first-order valence-electron chi connectivity index (χ1n) is 8.28. The molecule has 0 amide bonds. The normalized spacial score (nSPS) is 16.1. The molecule has 0 saturated carbocycles. The average molecular weight is 358 g/mol.